The highest BCUT2D eigenvalue weighted by Crippen LogP contribution is 2.35. The Morgan fingerprint density at radius 1 is 1.28 bits per heavy atom. The van der Waals surface area contributed by atoms with Gasteiger partial charge in [-0.05, 0) is 57.7 Å². The van der Waals surface area contributed by atoms with Gasteiger partial charge in [-0.2, -0.15) is 13.2 Å². The van der Waals surface area contributed by atoms with Crippen LogP contribution in [0.4, 0.5) is 23.2 Å². The zero-order valence-electron chi connectivity index (χ0n) is 14.9. The van der Waals surface area contributed by atoms with Gasteiger partial charge in [-0.3, -0.25) is 0 Å². The Kier molecular flexibility index (Phi) is 6.49. The van der Waals surface area contributed by atoms with Crippen LogP contribution in [-0.4, -0.2) is 25.8 Å². The van der Waals surface area contributed by atoms with Crippen LogP contribution in [0.1, 0.15) is 44.7 Å². The molecule has 0 aromatic heterocycles. The number of hydrogen-bond acceptors (Lipinski definition) is 2. The molecule has 0 bridgehead atoms. The number of hydrogen-bond donors (Lipinski definition) is 0. The van der Waals surface area contributed by atoms with Crippen LogP contribution in [0.2, 0.25) is 0 Å². The van der Waals surface area contributed by atoms with E-state index in [1.165, 1.54) is 19.1 Å². The quantitative estimate of drug-likeness (QED) is 0.628. The highest BCUT2D eigenvalue weighted by Gasteiger charge is 2.32. The number of nitrogens with zero attached hydrogens (tertiary/aromatic N) is 1. The van der Waals surface area contributed by atoms with Gasteiger partial charge in [0.05, 0.1) is 17.5 Å². The van der Waals surface area contributed by atoms with Gasteiger partial charge in [0.1, 0.15) is 0 Å². The summed E-state index contributed by atoms with van der Waals surface area (Å²) >= 11 is 0. The van der Waals surface area contributed by atoms with Crippen LogP contribution in [0.3, 0.4) is 0 Å². The molecule has 6 heteroatoms. The lowest BCUT2D eigenvalue weighted by atomic mass is 9.96. The predicted molar refractivity (Wildman–Crippen MR) is 92.2 cm³/mol. The third-order valence-electron chi connectivity index (χ3n) is 4.33. The zero-order chi connectivity index (χ0) is 18.6. The van der Waals surface area contributed by atoms with E-state index < -0.39 is 17.6 Å². The highest BCUT2D eigenvalue weighted by molar-refractivity contribution is 5.69. The molecule has 0 aliphatic carbocycles. The summed E-state index contributed by atoms with van der Waals surface area (Å²) in [6.07, 6.45) is -1.26. The van der Waals surface area contributed by atoms with Gasteiger partial charge in [0, 0.05) is 30.9 Å². The molecule has 0 amide bonds. The van der Waals surface area contributed by atoms with Crippen molar-refractivity contribution in [2.75, 3.05) is 24.6 Å². The smallest absolute Gasteiger partial charge is 0.379 e. The second-order valence-electron chi connectivity index (χ2n) is 6.81. The van der Waals surface area contributed by atoms with Crippen LogP contribution in [0.15, 0.2) is 24.0 Å². The van der Waals surface area contributed by atoms with Crippen LogP contribution < -0.4 is 4.90 Å². The summed E-state index contributed by atoms with van der Waals surface area (Å²) in [5.41, 5.74) is 0.210. The van der Waals surface area contributed by atoms with E-state index >= 15 is 0 Å². The molecular weight excluding hydrogens is 334 g/mol. The Balaban J connectivity index is 2.18. The van der Waals surface area contributed by atoms with E-state index in [0.29, 0.717) is 36.9 Å². The standard InChI is InChI=1S/C19H25F4NO/c1-13(2)25-12-15-6-8-24(9-7-15)18-11-17(19(21,22)23)5-4-16(18)10-14(3)20/h4-5,10-11,13,15H,6-9,12H2,1-3H3/b14-10-. The summed E-state index contributed by atoms with van der Waals surface area (Å²) in [6.45, 7) is 7.20. The molecule has 1 aliphatic heterocycles. The molecule has 0 unspecified atom stereocenters. The summed E-state index contributed by atoms with van der Waals surface area (Å²) in [5, 5.41) is 0. The van der Waals surface area contributed by atoms with Crippen molar-refractivity contribution < 1.29 is 22.3 Å². The van der Waals surface area contributed by atoms with E-state index in [1.807, 2.05) is 18.7 Å². The minimum absolute atomic E-state index is 0.172. The van der Waals surface area contributed by atoms with E-state index in [4.69, 9.17) is 4.74 Å². The number of allylic oxidation sites excluding steroid dienone is 1. The largest absolute Gasteiger partial charge is 0.416 e. The maximum absolute atomic E-state index is 13.3. The van der Waals surface area contributed by atoms with Crippen molar-refractivity contribution in [2.45, 2.75) is 45.9 Å². The molecule has 2 rings (SSSR count). The number of ether oxygens (including phenoxy) is 1. The third-order valence-corrected chi connectivity index (χ3v) is 4.33. The van der Waals surface area contributed by atoms with E-state index in [2.05, 4.69) is 0 Å². The molecule has 1 aliphatic rings. The molecule has 1 aromatic rings. The molecule has 140 valence electrons. The average molecular weight is 359 g/mol. The lowest BCUT2D eigenvalue weighted by molar-refractivity contribution is -0.137. The summed E-state index contributed by atoms with van der Waals surface area (Å²) < 4.78 is 58.1. The second kappa shape index (κ2) is 8.21. The molecule has 0 radical (unpaired) electrons. The fraction of sp³-hybridized carbons (Fsp3) is 0.579. The van der Waals surface area contributed by atoms with E-state index in [1.54, 1.807) is 0 Å². The number of halogens is 4. The van der Waals surface area contributed by atoms with Gasteiger partial charge in [0.15, 0.2) is 0 Å². The van der Waals surface area contributed by atoms with Gasteiger partial charge in [0.2, 0.25) is 0 Å². The van der Waals surface area contributed by atoms with Crippen molar-refractivity contribution in [1.29, 1.82) is 0 Å². The van der Waals surface area contributed by atoms with E-state index in [9.17, 15) is 17.6 Å². The van der Waals surface area contributed by atoms with E-state index in [-0.39, 0.29) is 6.10 Å². The van der Waals surface area contributed by atoms with Crippen LogP contribution in [0, 0.1) is 5.92 Å². The SMILES string of the molecule is C/C(F)=C/c1ccc(C(F)(F)F)cc1N1CCC(COC(C)C)CC1. The van der Waals surface area contributed by atoms with Crippen molar-refractivity contribution in [3.05, 3.63) is 35.2 Å². The first-order valence-electron chi connectivity index (χ1n) is 8.58. The van der Waals surface area contributed by atoms with Gasteiger partial charge in [0.25, 0.3) is 0 Å². The zero-order valence-corrected chi connectivity index (χ0v) is 14.9. The molecule has 1 aromatic carbocycles. The lowest BCUT2D eigenvalue weighted by Gasteiger charge is -2.35. The first-order chi connectivity index (χ1) is 11.7. The second-order valence-corrected chi connectivity index (χ2v) is 6.81. The lowest BCUT2D eigenvalue weighted by Crippen LogP contribution is -2.36. The van der Waals surface area contributed by atoms with Crippen molar-refractivity contribution in [2.24, 2.45) is 5.92 Å². The summed E-state index contributed by atoms with van der Waals surface area (Å²) in [4.78, 5) is 1.91. The molecule has 1 heterocycles. The molecule has 2 nitrogen and oxygen atoms in total. The van der Waals surface area contributed by atoms with Gasteiger partial charge < -0.3 is 9.64 Å². The molecule has 0 atom stereocenters. The molecule has 1 fully saturated rings. The Labute approximate surface area is 146 Å². The van der Waals surface area contributed by atoms with Crippen molar-refractivity contribution >= 4 is 11.8 Å². The monoisotopic (exact) mass is 359 g/mol. The molecular formula is C19H25F4NO. The number of alkyl halides is 3. The maximum atomic E-state index is 13.3. The number of piperidine rings is 1. The van der Waals surface area contributed by atoms with Gasteiger partial charge in [-0.25, -0.2) is 4.39 Å². The number of benzene rings is 1. The van der Waals surface area contributed by atoms with Crippen LogP contribution in [-0.2, 0) is 10.9 Å². The fourth-order valence-electron chi connectivity index (χ4n) is 3.00. The van der Waals surface area contributed by atoms with Gasteiger partial charge in [-0.1, -0.05) is 6.07 Å². The molecule has 0 saturated carbocycles. The third kappa shape index (κ3) is 5.73. The van der Waals surface area contributed by atoms with Gasteiger partial charge in [-0.15, -0.1) is 0 Å². The van der Waals surface area contributed by atoms with Crippen LogP contribution in [0.5, 0.6) is 0 Å². The summed E-state index contributed by atoms with van der Waals surface area (Å²) in [6, 6.07) is 3.47. The Bertz CT molecular complexity index is 598. The van der Waals surface area contributed by atoms with Crippen LogP contribution >= 0.6 is 0 Å². The van der Waals surface area contributed by atoms with Crippen molar-refractivity contribution in [3.63, 3.8) is 0 Å². The predicted octanol–water partition coefficient (Wildman–Crippen LogP) is 5.68. The molecule has 25 heavy (non-hydrogen) atoms. The number of rotatable bonds is 5. The maximum Gasteiger partial charge on any atom is 0.416 e. The van der Waals surface area contributed by atoms with E-state index in [0.717, 1.165) is 25.0 Å². The Hall–Kier alpha value is -1.56. The summed E-state index contributed by atoms with van der Waals surface area (Å²) in [7, 11) is 0. The van der Waals surface area contributed by atoms with Crippen LogP contribution in [0.25, 0.3) is 6.08 Å². The first kappa shape index (κ1) is 19.8. The average Bonchev–Trinajstić information content (AvgIpc) is 2.52. The Morgan fingerprint density at radius 3 is 2.44 bits per heavy atom. The first-order valence-corrected chi connectivity index (χ1v) is 8.58. The van der Waals surface area contributed by atoms with Gasteiger partial charge >= 0.3 is 6.18 Å². The molecule has 1 saturated heterocycles. The minimum atomic E-state index is -4.41. The normalized spacial score (nSPS) is 17.4. The molecule has 0 spiro atoms. The topological polar surface area (TPSA) is 12.5 Å². The molecule has 0 N–H and O–H groups in total. The Morgan fingerprint density at radius 2 is 1.92 bits per heavy atom. The van der Waals surface area contributed by atoms with Crippen molar-refractivity contribution in [1.82, 2.24) is 0 Å². The number of anilines is 1. The van der Waals surface area contributed by atoms with Crippen molar-refractivity contribution in [3.8, 4) is 0 Å². The summed E-state index contributed by atoms with van der Waals surface area (Å²) in [5.74, 6) is -0.0208. The minimum Gasteiger partial charge on any atom is -0.379 e. The highest BCUT2D eigenvalue weighted by atomic mass is 19.4. The fourth-order valence-corrected chi connectivity index (χ4v) is 3.00.